The molecule has 35 heavy (non-hydrogen) atoms. The molecular weight excluding hydrogens is 442 g/mol. The number of hydrogen-bond donors (Lipinski definition) is 1. The van der Waals surface area contributed by atoms with Gasteiger partial charge in [-0.05, 0) is 62.2 Å². The highest BCUT2D eigenvalue weighted by atomic mass is 16.5. The summed E-state index contributed by atoms with van der Waals surface area (Å²) in [5.74, 6) is 1.29. The van der Waals surface area contributed by atoms with E-state index >= 15 is 0 Å². The molecular formula is C28H35N3O4. The summed E-state index contributed by atoms with van der Waals surface area (Å²) in [6, 6.07) is 16.2. The highest BCUT2D eigenvalue weighted by Gasteiger charge is 2.25. The SMILES string of the molecule is COc1ccc(C(CNC(=O)c2cc(C)n(-c3cccc(C)c3)c2C)N2CCOCC2)cc1OC. The van der Waals surface area contributed by atoms with Crippen LogP contribution in [0, 0.1) is 20.8 Å². The van der Waals surface area contributed by atoms with Crippen LogP contribution in [0.5, 0.6) is 11.5 Å². The molecule has 0 spiro atoms. The fourth-order valence-electron chi connectivity index (χ4n) is 4.85. The number of hydrogen-bond acceptors (Lipinski definition) is 5. The molecule has 7 heteroatoms. The van der Waals surface area contributed by atoms with E-state index in [0.29, 0.717) is 36.8 Å². The number of nitrogens with one attached hydrogen (secondary N) is 1. The van der Waals surface area contributed by atoms with Gasteiger partial charge < -0.3 is 24.1 Å². The molecule has 1 aliphatic heterocycles. The maximum absolute atomic E-state index is 13.4. The highest BCUT2D eigenvalue weighted by Crippen LogP contribution is 2.32. The van der Waals surface area contributed by atoms with Crippen LogP contribution < -0.4 is 14.8 Å². The van der Waals surface area contributed by atoms with E-state index in [0.717, 1.165) is 35.7 Å². The van der Waals surface area contributed by atoms with Crippen molar-refractivity contribution >= 4 is 5.91 Å². The van der Waals surface area contributed by atoms with Crippen molar-refractivity contribution in [2.75, 3.05) is 47.1 Å². The predicted octanol–water partition coefficient (Wildman–Crippen LogP) is 4.22. The third kappa shape index (κ3) is 5.36. The van der Waals surface area contributed by atoms with Gasteiger partial charge in [-0.15, -0.1) is 0 Å². The quantitative estimate of drug-likeness (QED) is 0.526. The van der Waals surface area contributed by atoms with Gasteiger partial charge in [-0.1, -0.05) is 18.2 Å². The van der Waals surface area contributed by atoms with Gasteiger partial charge in [-0.25, -0.2) is 0 Å². The minimum atomic E-state index is -0.0734. The summed E-state index contributed by atoms with van der Waals surface area (Å²) in [6.45, 7) is 9.54. The molecule has 1 aliphatic rings. The normalized spacial score (nSPS) is 15.0. The van der Waals surface area contributed by atoms with Gasteiger partial charge in [0, 0.05) is 36.7 Å². The topological polar surface area (TPSA) is 65.0 Å². The van der Waals surface area contributed by atoms with E-state index in [9.17, 15) is 4.79 Å². The number of aromatic nitrogens is 1. The lowest BCUT2D eigenvalue weighted by molar-refractivity contribution is 0.0162. The summed E-state index contributed by atoms with van der Waals surface area (Å²) in [4.78, 5) is 15.7. The van der Waals surface area contributed by atoms with Gasteiger partial charge in [-0.2, -0.15) is 0 Å². The van der Waals surface area contributed by atoms with E-state index in [2.05, 4.69) is 39.9 Å². The molecule has 1 aromatic heterocycles. The van der Waals surface area contributed by atoms with Gasteiger partial charge in [0.05, 0.1) is 39.0 Å². The van der Waals surface area contributed by atoms with Crippen LogP contribution in [0.25, 0.3) is 5.69 Å². The summed E-state index contributed by atoms with van der Waals surface area (Å²) < 4.78 is 18.6. The summed E-state index contributed by atoms with van der Waals surface area (Å²) in [5, 5.41) is 3.20. The maximum Gasteiger partial charge on any atom is 0.253 e. The predicted molar refractivity (Wildman–Crippen MR) is 137 cm³/mol. The zero-order valence-corrected chi connectivity index (χ0v) is 21.3. The van der Waals surface area contributed by atoms with E-state index < -0.39 is 0 Å². The molecule has 0 radical (unpaired) electrons. The number of methoxy groups -OCH3 is 2. The molecule has 7 nitrogen and oxygen atoms in total. The van der Waals surface area contributed by atoms with E-state index in [4.69, 9.17) is 14.2 Å². The largest absolute Gasteiger partial charge is 0.493 e. The Hall–Kier alpha value is -3.29. The molecule has 1 fully saturated rings. The fraction of sp³-hybridized carbons (Fsp3) is 0.393. The third-order valence-corrected chi connectivity index (χ3v) is 6.67. The van der Waals surface area contributed by atoms with E-state index in [1.54, 1.807) is 14.2 Å². The zero-order valence-electron chi connectivity index (χ0n) is 21.3. The summed E-state index contributed by atoms with van der Waals surface area (Å²) in [7, 11) is 3.27. The Bertz CT molecular complexity index is 1180. The van der Waals surface area contributed by atoms with Crippen molar-refractivity contribution in [3.05, 3.63) is 76.6 Å². The van der Waals surface area contributed by atoms with Gasteiger partial charge in [0.2, 0.25) is 0 Å². The molecule has 2 heterocycles. The molecule has 0 bridgehead atoms. The van der Waals surface area contributed by atoms with Crippen molar-refractivity contribution in [1.82, 2.24) is 14.8 Å². The fourth-order valence-corrected chi connectivity index (χ4v) is 4.85. The molecule has 1 atom stereocenters. The number of carbonyl (C=O) groups is 1. The van der Waals surface area contributed by atoms with Crippen molar-refractivity contribution in [1.29, 1.82) is 0 Å². The summed E-state index contributed by atoms with van der Waals surface area (Å²) in [5.41, 5.74) is 5.97. The standard InChI is InChI=1S/C28H35N3O4/c1-19-7-6-8-23(15-19)31-20(2)16-24(21(31)3)28(32)29-18-25(30-11-13-35-14-12-30)22-9-10-26(33-4)27(17-22)34-5/h6-10,15-17,25H,11-14,18H2,1-5H3,(H,29,32). The second kappa shape index (κ2) is 11.0. The molecule has 3 aromatic rings. The van der Waals surface area contributed by atoms with Crippen molar-refractivity contribution in [3.8, 4) is 17.2 Å². The Kier molecular flexibility index (Phi) is 7.78. The van der Waals surface area contributed by atoms with Crippen LogP contribution in [0.4, 0.5) is 0 Å². The molecule has 1 saturated heterocycles. The second-order valence-corrected chi connectivity index (χ2v) is 8.95. The lowest BCUT2D eigenvalue weighted by atomic mass is 10.0. The molecule has 1 N–H and O–H groups in total. The summed E-state index contributed by atoms with van der Waals surface area (Å²) in [6.07, 6.45) is 0. The Morgan fingerprint density at radius 3 is 2.43 bits per heavy atom. The van der Waals surface area contributed by atoms with Crippen LogP contribution in [-0.2, 0) is 4.74 Å². The van der Waals surface area contributed by atoms with Gasteiger partial charge in [0.1, 0.15) is 0 Å². The first-order chi connectivity index (χ1) is 16.9. The minimum Gasteiger partial charge on any atom is -0.493 e. The van der Waals surface area contributed by atoms with Crippen LogP contribution in [-0.4, -0.2) is 62.4 Å². The van der Waals surface area contributed by atoms with Crippen LogP contribution >= 0.6 is 0 Å². The number of aryl methyl sites for hydroxylation is 2. The molecule has 2 aromatic carbocycles. The van der Waals surface area contributed by atoms with Crippen LogP contribution in [0.2, 0.25) is 0 Å². The van der Waals surface area contributed by atoms with Gasteiger partial charge >= 0.3 is 0 Å². The number of carbonyl (C=O) groups excluding carboxylic acids is 1. The number of morpholine rings is 1. The minimum absolute atomic E-state index is 0.0112. The highest BCUT2D eigenvalue weighted by molar-refractivity contribution is 5.96. The van der Waals surface area contributed by atoms with Crippen molar-refractivity contribution in [2.24, 2.45) is 0 Å². The number of amides is 1. The first kappa shape index (κ1) is 24.8. The van der Waals surface area contributed by atoms with Gasteiger partial charge in [0.25, 0.3) is 5.91 Å². The summed E-state index contributed by atoms with van der Waals surface area (Å²) >= 11 is 0. The van der Waals surface area contributed by atoms with Crippen molar-refractivity contribution in [3.63, 3.8) is 0 Å². The first-order valence-corrected chi connectivity index (χ1v) is 12.0. The monoisotopic (exact) mass is 477 g/mol. The Morgan fingerprint density at radius 1 is 1.00 bits per heavy atom. The average molecular weight is 478 g/mol. The van der Waals surface area contributed by atoms with Crippen LogP contribution in [0.1, 0.15) is 38.9 Å². The lowest BCUT2D eigenvalue weighted by Gasteiger charge is -2.35. The number of benzene rings is 2. The molecule has 0 aliphatic carbocycles. The molecule has 1 amide bonds. The van der Waals surface area contributed by atoms with Crippen LogP contribution in [0.3, 0.4) is 0 Å². The average Bonchev–Trinajstić information content (AvgIpc) is 3.18. The molecule has 186 valence electrons. The lowest BCUT2D eigenvalue weighted by Crippen LogP contribution is -2.43. The van der Waals surface area contributed by atoms with E-state index in [1.165, 1.54) is 5.56 Å². The van der Waals surface area contributed by atoms with E-state index in [-0.39, 0.29) is 11.9 Å². The first-order valence-electron chi connectivity index (χ1n) is 12.0. The Morgan fingerprint density at radius 2 is 1.74 bits per heavy atom. The smallest absolute Gasteiger partial charge is 0.253 e. The molecule has 4 rings (SSSR count). The number of ether oxygens (including phenoxy) is 3. The second-order valence-electron chi connectivity index (χ2n) is 8.95. The maximum atomic E-state index is 13.4. The van der Waals surface area contributed by atoms with Gasteiger partial charge in [-0.3, -0.25) is 9.69 Å². The van der Waals surface area contributed by atoms with Crippen molar-refractivity contribution in [2.45, 2.75) is 26.8 Å². The third-order valence-electron chi connectivity index (χ3n) is 6.67. The van der Waals surface area contributed by atoms with Crippen LogP contribution in [0.15, 0.2) is 48.5 Å². The zero-order chi connectivity index (χ0) is 24.9. The van der Waals surface area contributed by atoms with E-state index in [1.807, 2.05) is 44.2 Å². The number of nitrogens with zero attached hydrogens (tertiary/aromatic N) is 2. The number of rotatable bonds is 8. The molecule has 1 unspecified atom stereocenters. The van der Waals surface area contributed by atoms with Gasteiger partial charge in [0.15, 0.2) is 11.5 Å². The Labute approximate surface area is 207 Å². The van der Waals surface area contributed by atoms with Crippen molar-refractivity contribution < 1.29 is 19.0 Å². The molecule has 0 saturated carbocycles. The Balaban J connectivity index is 1.57.